The summed E-state index contributed by atoms with van der Waals surface area (Å²) in [6, 6.07) is 12.3. The zero-order valence-electron chi connectivity index (χ0n) is 24.8. The lowest BCUT2D eigenvalue weighted by Crippen LogP contribution is -2.33. The number of methoxy groups -OCH3 is 1. The van der Waals surface area contributed by atoms with Crippen LogP contribution in [-0.4, -0.2) is 47.9 Å². The molecule has 1 unspecified atom stereocenters. The van der Waals surface area contributed by atoms with Gasteiger partial charge < -0.3 is 26.2 Å². The standard InChI is InChI=1S/C32H34ClFN6O5/c1-18-5-3-8-27(39-31(43)25(26(35)11-12-41)17-36-21-7-4-6-20(33)14-21)24-13-19(16-37-29(24)34)23-10-9-22(38-32(44)45-2)15-28(23)40-30(18)42/h4,6-7,9-10,13-18,27,41H,3,5,8,11-12,35H2,1-2H3,(H,38,44)(H,39,43)(H,40,42)/t18?,27-/m0/s1. The molecule has 0 saturated carbocycles. The third kappa shape index (κ3) is 8.64. The maximum atomic E-state index is 15.4. The number of pyridine rings is 1. The van der Waals surface area contributed by atoms with E-state index in [4.69, 9.17) is 17.3 Å². The highest BCUT2D eigenvalue weighted by Crippen LogP contribution is 2.35. The van der Waals surface area contributed by atoms with E-state index >= 15 is 4.39 Å². The first kappa shape index (κ1) is 33.1. The van der Waals surface area contributed by atoms with Gasteiger partial charge in [-0.25, -0.2) is 9.78 Å². The lowest BCUT2D eigenvalue weighted by molar-refractivity contribution is -0.120. The van der Waals surface area contributed by atoms with Gasteiger partial charge in [0.15, 0.2) is 0 Å². The Labute approximate surface area is 264 Å². The van der Waals surface area contributed by atoms with Gasteiger partial charge in [-0.05, 0) is 49.2 Å². The molecule has 3 aromatic rings. The van der Waals surface area contributed by atoms with Gasteiger partial charge in [-0.1, -0.05) is 37.1 Å². The molecule has 45 heavy (non-hydrogen) atoms. The van der Waals surface area contributed by atoms with Gasteiger partial charge in [0, 0.05) is 64.5 Å². The summed E-state index contributed by atoms with van der Waals surface area (Å²) in [6.45, 7) is 1.48. The van der Waals surface area contributed by atoms with Crippen LogP contribution in [0.5, 0.6) is 0 Å². The Bertz CT molecular complexity index is 1650. The summed E-state index contributed by atoms with van der Waals surface area (Å²) in [5.74, 6) is -2.07. The zero-order chi connectivity index (χ0) is 32.5. The summed E-state index contributed by atoms with van der Waals surface area (Å²) in [6.07, 6.45) is 3.13. The quantitative estimate of drug-likeness (QED) is 0.127. The topological polar surface area (TPSA) is 168 Å². The van der Waals surface area contributed by atoms with Crippen molar-refractivity contribution >= 4 is 52.8 Å². The molecule has 13 heteroatoms. The number of amides is 3. The molecule has 0 fully saturated rings. The third-order valence-electron chi connectivity index (χ3n) is 7.27. The van der Waals surface area contributed by atoms with E-state index in [1.807, 2.05) is 0 Å². The first-order valence-corrected chi connectivity index (χ1v) is 14.6. The second-order valence-corrected chi connectivity index (χ2v) is 10.9. The molecule has 4 rings (SSSR count). The second kappa shape index (κ2) is 15.3. The van der Waals surface area contributed by atoms with E-state index in [2.05, 4.69) is 30.7 Å². The van der Waals surface area contributed by atoms with Crippen LogP contribution in [-0.2, 0) is 14.3 Å². The van der Waals surface area contributed by atoms with Crippen LogP contribution in [0.15, 0.2) is 71.0 Å². The van der Waals surface area contributed by atoms with E-state index in [0.717, 1.165) is 0 Å². The molecule has 0 radical (unpaired) electrons. The lowest BCUT2D eigenvalue weighted by Gasteiger charge is -2.23. The summed E-state index contributed by atoms with van der Waals surface area (Å²) in [5.41, 5.74) is 8.63. The zero-order valence-corrected chi connectivity index (χ0v) is 25.5. The molecule has 11 nitrogen and oxygen atoms in total. The van der Waals surface area contributed by atoms with Crippen molar-refractivity contribution in [2.24, 2.45) is 16.6 Å². The molecule has 3 amide bonds. The Balaban J connectivity index is 1.74. The number of halogens is 2. The number of ether oxygens (including phenoxy) is 1. The Kier molecular flexibility index (Phi) is 11.2. The summed E-state index contributed by atoms with van der Waals surface area (Å²) < 4.78 is 20.0. The minimum Gasteiger partial charge on any atom is -0.453 e. The molecular weight excluding hydrogens is 603 g/mol. The molecule has 2 aromatic carbocycles. The maximum absolute atomic E-state index is 15.4. The number of aliphatic hydroxyl groups is 1. The van der Waals surface area contributed by atoms with Crippen LogP contribution in [0.2, 0.25) is 5.02 Å². The number of aromatic nitrogens is 1. The maximum Gasteiger partial charge on any atom is 0.411 e. The lowest BCUT2D eigenvalue weighted by atomic mass is 9.93. The van der Waals surface area contributed by atoms with Gasteiger partial charge in [-0.2, -0.15) is 4.39 Å². The van der Waals surface area contributed by atoms with Gasteiger partial charge in [-0.15, -0.1) is 0 Å². The van der Waals surface area contributed by atoms with Crippen LogP contribution < -0.4 is 21.7 Å². The van der Waals surface area contributed by atoms with E-state index in [1.165, 1.54) is 19.5 Å². The summed E-state index contributed by atoms with van der Waals surface area (Å²) in [7, 11) is 1.24. The fourth-order valence-electron chi connectivity index (χ4n) is 4.80. The third-order valence-corrected chi connectivity index (χ3v) is 7.50. The number of aliphatic imine (C=N–C) groups is 1. The Morgan fingerprint density at radius 2 is 2.04 bits per heavy atom. The van der Waals surface area contributed by atoms with E-state index in [-0.39, 0.29) is 35.8 Å². The smallest absolute Gasteiger partial charge is 0.411 e. The number of benzene rings is 2. The molecule has 1 aromatic heterocycles. The monoisotopic (exact) mass is 636 g/mol. The van der Waals surface area contributed by atoms with Gasteiger partial charge in [-0.3, -0.25) is 19.9 Å². The molecule has 0 aliphatic carbocycles. The van der Waals surface area contributed by atoms with Gasteiger partial charge in [0.25, 0.3) is 5.91 Å². The summed E-state index contributed by atoms with van der Waals surface area (Å²) in [4.78, 5) is 46.9. The summed E-state index contributed by atoms with van der Waals surface area (Å²) >= 11 is 6.06. The normalized spacial score (nSPS) is 17.2. The van der Waals surface area contributed by atoms with Gasteiger partial charge >= 0.3 is 6.09 Å². The largest absolute Gasteiger partial charge is 0.453 e. The predicted octanol–water partition coefficient (Wildman–Crippen LogP) is 5.63. The second-order valence-electron chi connectivity index (χ2n) is 10.5. The minimum atomic E-state index is -0.847. The first-order valence-electron chi connectivity index (χ1n) is 14.2. The van der Waals surface area contributed by atoms with Crippen molar-refractivity contribution in [1.29, 1.82) is 0 Å². The average Bonchev–Trinajstić information content (AvgIpc) is 3.01. The number of carbonyl (C=O) groups is 3. The molecule has 1 aliphatic rings. The fraction of sp³-hybridized carbons (Fsp3) is 0.281. The number of carbonyl (C=O) groups excluding carboxylic acids is 3. The van der Waals surface area contributed by atoms with E-state index in [1.54, 1.807) is 55.5 Å². The average molecular weight is 637 g/mol. The number of nitrogens with one attached hydrogen (secondary N) is 3. The highest BCUT2D eigenvalue weighted by atomic mass is 35.5. The van der Waals surface area contributed by atoms with Crippen molar-refractivity contribution in [2.75, 3.05) is 24.4 Å². The molecule has 0 saturated heterocycles. The Morgan fingerprint density at radius 1 is 1.24 bits per heavy atom. The van der Waals surface area contributed by atoms with Crippen LogP contribution >= 0.6 is 11.6 Å². The number of nitrogens with two attached hydrogens (primary N) is 1. The molecule has 2 heterocycles. The van der Waals surface area contributed by atoms with Crippen LogP contribution in [0.1, 0.15) is 44.2 Å². The number of fused-ring (bicyclic) bond motifs is 4. The van der Waals surface area contributed by atoms with E-state index in [9.17, 15) is 19.5 Å². The number of hydrogen-bond donors (Lipinski definition) is 5. The van der Waals surface area contributed by atoms with Crippen molar-refractivity contribution in [3.05, 3.63) is 82.5 Å². The van der Waals surface area contributed by atoms with Crippen LogP contribution in [0, 0.1) is 11.9 Å². The number of aliphatic hydroxyl groups excluding tert-OH is 1. The van der Waals surface area contributed by atoms with Gasteiger partial charge in [0.05, 0.1) is 30.1 Å². The predicted molar refractivity (Wildman–Crippen MR) is 171 cm³/mol. The Hall–Kier alpha value is -4.81. The van der Waals surface area contributed by atoms with Crippen molar-refractivity contribution in [2.45, 2.75) is 38.6 Å². The number of rotatable bonds is 7. The first-order chi connectivity index (χ1) is 21.6. The van der Waals surface area contributed by atoms with E-state index < -0.39 is 29.9 Å². The highest BCUT2D eigenvalue weighted by Gasteiger charge is 2.25. The molecule has 2 atom stereocenters. The minimum absolute atomic E-state index is 0.00314. The molecule has 2 bridgehead atoms. The SMILES string of the molecule is COC(=O)Nc1ccc2c(c1)NC(=O)C(C)CCC[C@H](NC(=O)C(C=Nc1cccc(Cl)c1)=C(N)CCO)c1cc-2cnc1F. The van der Waals surface area contributed by atoms with Crippen molar-refractivity contribution in [1.82, 2.24) is 10.3 Å². The number of nitrogens with zero attached hydrogens (tertiary/aromatic N) is 2. The van der Waals surface area contributed by atoms with E-state index in [0.29, 0.717) is 52.5 Å². The summed E-state index contributed by atoms with van der Waals surface area (Å²) in [5, 5.41) is 18.3. The van der Waals surface area contributed by atoms with Crippen LogP contribution in [0.25, 0.3) is 11.1 Å². The van der Waals surface area contributed by atoms with Crippen molar-refractivity contribution in [3.8, 4) is 11.1 Å². The molecule has 0 spiro atoms. The fourth-order valence-corrected chi connectivity index (χ4v) is 4.98. The van der Waals surface area contributed by atoms with Crippen molar-refractivity contribution in [3.63, 3.8) is 0 Å². The molecule has 236 valence electrons. The van der Waals surface area contributed by atoms with Gasteiger partial charge in [0.1, 0.15) is 0 Å². The molecule has 1 aliphatic heterocycles. The Morgan fingerprint density at radius 3 is 2.78 bits per heavy atom. The number of hydrogen-bond acceptors (Lipinski definition) is 8. The number of anilines is 2. The van der Waals surface area contributed by atoms with Crippen molar-refractivity contribution < 1.29 is 28.6 Å². The van der Waals surface area contributed by atoms with Gasteiger partial charge in [0.2, 0.25) is 11.9 Å². The van der Waals surface area contributed by atoms with Crippen LogP contribution in [0.3, 0.4) is 0 Å². The molecule has 6 N–H and O–H groups in total. The van der Waals surface area contributed by atoms with Crippen LogP contribution in [0.4, 0.5) is 26.2 Å². The molecular formula is C32H34ClFN6O5. The highest BCUT2D eigenvalue weighted by molar-refractivity contribution is 6.30.